The van der Waals surface area contributed by atoms with Crippen LogP contribution < -0.4 is 10.5 Å². The molecule has 1 heterocycles. The van der Waals surface area contributed by atoms with E-state index in [1.807, 2.05) is 70.9 Å². The summed E-state index contributed by atoms with van der Waals surface area (Å²) in [7, 11) is 0. The fourth-order valence-electron chi connectivity index (χ4n) is 2.83. The summed E-state index contributed by atoms with van der Waals surface area (Å²) in [6.07, 6.45) is 0.755. The van der Waals surface area contributed by atoms with Crippen LogP contribution in [0.4, 0.5) is 0 Å². The molecule has 0 atom stereocenters. The number of para-hydroxylation sites is 1. The minimum Gasteiger partial charge on any atom is -0.488 e. The molecule has 0 aliphatic rings. The summed E-state index contributed by atoms with van der Waals surface area (Å²) in [6, 6.07) is 19.4. The molecule has 4 nitrogen and oxygen atoms in total. The lowest BCUT2D eigenvalue weighted by atomic mass is 10.1. The van der Waals surface area contributed by atoms with Crippen molar-refractivity contribution in [3.8, 4) is 5.75 Å². The first kappa shape index (κ1) is 20.6. The molecular weight excluding hydrogens is 436 g/mol. The number of carbonyl (C=O) groups is 1. The van der Waals surface area contributed by atoms with Crippen LogP contribution >= 0.6 is 27.3 Å². The lowest BCUT2D eigenvalue weighted by Crippen LogP contribution is -2.32. The molecule has 3 aromatic rings. The largest absolute Gasteiger partial charge is 0.488 e. The molecule has 0 aliphatic carbocycles. The Bertz CT molecular complexity index is 898. The normalized spacial score (nSPS) is 10.6. The molecule has 1 aromatic heterocycles. The molecule has 0 unspecified atom stereocenters. The second-order valence-corrected chi connectivity index (χ2v) is 8.28. The van der Waals surface area contributed by atoms with E-state index >= 15 is 0 Å². The van der Waals surface area contributed by atoms with E-state index in [0.717, 1.165) is 21.3 Å². The molecule has 0 radical (unpaired) electrons. The number of nitrogens with two attached hydrogens (primary N) is 1. The number of halogens is 1. The molecule has 1 amide bonds. The monoisotopic (exact) mass is 458 g/mol. The Balaban J connectivity index is 1.77. The van der Waals surface area contributed by atoms with Crippen molar-refractivity contribution in [1.29, 1.82) is 0 Å². The maximum Gasteiger partial charge on any atom is 0.257 e. The zero-order chi connectivity index (χ0) is 19.8. The molecule has 28 heavy (non-hydrogen) atoms. The standard InChI is InChI=1S/C22H23BrN2O2S/c23-18-13-19(28-16-18)14-25(12-6-11-24)22(26)20-9-4-5-10-21(20)27-15-17-7-2-1-3-8-17/h1-5,7-10,13,16H,6,11-12,14-15,24H2. The summed E-state index contributed by atoms with van der Waals surface area (Å²) in [6.45, 7) is 2.13. The van der Waals surface area contributed by atoms with Crippen molar-refractivity contribution in [2.75, 3.05) is 13.1 Å². The summed E-state index contributed by atoms with van der Waals surface area (Å²) < 4.78 is 7.01. The van der Waals surface area contributed by atoms with Crippen molar-refractivity contribution in [3.05, 3.63) is 86.5 Å². The average molecular weight is 459 g/mol. The lowest BCUT2D eigenvalue weighted by Gasteiger charge is -2.23. The summed E-state index contributed by atoms with van der Waals surface area (Å²) in [5.41, 5.74) is 7.33. The first-order valence-electron chi connectivity index (χ1n) is 9.15. The number of ether oxygens (including phenoxy) is 1. The van der Waals surface area contributed by atoms with Gasteiger partial charge >= 0.3 is 0 Å². The van der Waals surface area contributed by atoms with Crippen LogP contribution in [0.2, 0.25) is 0 Å². The highest BCUT2D eigenvalue weighted by molar-refractivity contribution is 9.10. The van der Waals surface area contributed by atoms with Crippen LogP contribution in [0.3, 0.4) is 0 Å². The van der Waals surface area contributed by atoms with Gasteiger partial charge in [-0.3, -0.25) is 4.79 Å². The first-order chi connectivity index (χ1) is 13.7. The molecule has 2 aromatic carbocycles. The van der Waals surface area contributed by atoms with Crippen molar-refractivity contribution in [2.45, 2.75) is 19.6 Å². The highest BCUT2D eigenvalue weighted by Crippen LogP contribution is 2.25. The van der Waals surface area contributed by atoms with Crippen molar-refractivity contribution in [1.82, 2.24) is 4.90 Å². The third-order valence-electron chi connectivity index (χ3n) is 4.24. The van der Waals surface area contributed by atoms with E-state index < -0.39 is 0 Å². The predicted octanol–water partition coefficient (Wildman–Crippen LogP) is 5.08. The highest BCUT2D eigenvalue weighted by atomic mass is 79.9. The summed E-state index contributed by atoms with van der Waals surface area (Å²) >= 11 is 5.11. The summed E-state index contributed by atoms with van der Waals surface area (Å²) in [5, 5.41) is 2.03. The van der Waals surface area contributed by atoms with Crippen LogP contribution in [0.15, 0.2) is 70.5 Å². The SMILES string of the molecule is NCCCN(Cc1cc(Br)cs1)C(=O)c1ccccc1OCc1ccccc1. The van der Waals surface area contributed by atoms with Crippen LogP contribution in [0.1, 0.15) is 27.2 Å². The van der Waals surface area contributed by atoms with E-state index in [4.69, 9.17) is 10.5 Å². The molecule has 6 heteroatoms. The maximum atomic E-state index is 13.3. The Morgan fingerprint density at radius 2 is 1.86 bits per heavy atom. The second kappa shape index (κ2) is 10.4. The zero-order valence-corrected chi connectivity index (χ0v) is 17.9. The van der Waals surface area contributed by atoms with Gasteiger partial charge in [0.25, 0.3) is 5.91 Å². The predicted molar refractivity (Wildman–Crippen MR) is 118 cm³/mol. The van der Waals surface area contributed by atoms with Gasteiger partial charge in [-0.2, -0.15) is 0 Å². The zero-order valence-electron chi connectivity index (χ0n) is 15.5. The van der Waals surface area contributed by atoms with E-state index in [-0.39, 0.29) is 5.91 Å². The smallest absolute Gasteiger partial charge is 0.257 e. The van der Waals surface area contributed by atoms with Gasteiger partial charge in [0, 0.05) is 21.3 Å². The summed E-state index contributed by atoms with van der Waals surface area (Å²) in [5.74, 6) is 0.558. The number of hydrogen-bond donors (Lipinski definition) is 1. The van der Waals surface area contributed by atoms with Crippen molar-refractivity contribution < 1.29 is 9.53 Å². The Morgan fingerprint density at radius 1 is 1.11 bits per heavy atom. The Morgan fingerprint density at radius 3 is 2.57 bits per heavy atom. The third-order valence-corrected chi connectivity index (χ3v) is 5.92. The molecular formula is C22H23BrN2O2S. The number of benzene rings is 2. The topological polar surface area (TPSA) is 55.6 Å². The number of hydrogen-bond acceptors (Lipinski definition) is 4. The number of thiophene rings is 1. The van der Waals surface area contributed by atoms with Crippen LogP contribution in [-0.2, 0) is 13.2 Å². The molecule has 3 rings (SSSR count). The van der Waals surface area contributed by atoms with E-state index in [0.29, 0.717) is 37.6 Å². The average Bonchev–Trinajstić information content (AvgIpc) is 3.14. The fraction of sp³-hybridized carbons (Fsp3) is 0.227. The maximum absolute atomic E-state index is 13.3. The van der Waals surface area contributed by atoms with Gasteiger partial charge in [0.2, 0.25) is 0 Å². The van der Waals surface area contributed by atoms with Crippen LogP contribution in [-0.4, -0.2) is 23.9 Å². The minimum absolute atomic E-state index is 0.0402. The third kappa shape index (κ3) is 5.67. The molecule has 0 spiro atoms. The van der Waals surface area contributed by atoms with Gasteiger partial charge in [-0.05, 0) is 52.7 Å². The van der Waals surface area contributed by atoms with Gasteiger partial charge in [-0.15, -0.1) is 11.3 Å². The van der Waals surface area contributed by atoms with Gasteiger partial charge in [0.15, 0.2) is 0 Å². The van der Waals surface area contributed by atoms with Crippen molar-refractivity contribution in [3.63, 3.8) is 0 Å². The minimum atomic E-state index is -0.0402. The number of carbonyl (C=O) groups excluding carboxylic acids is 1. The second-order valence-electron chi connectivity index (χ2n) is 6.37. The summed E-state index contributed by atoms with van der Waals surface area (Å²) in [4.78, 5) is 16.3. The Hall–Kier alpha value is -2.15. The number of nitrogens with zero attached hydrogens (tertiary/aromatic N) is 1. The molecule has 2 N–H and O–H groups in total. The van der Waals surface area contributed by atoms with Crippen molar-refractivity contribution in [2.24, 2.45) is 5.73 Å². The molecule has 0 saturated carbocycles. The highest BCUT2D eigenvalue weighted by Gasteiger charge is 2.20. The van der Waals surface area contributed by atoms with Crippen LogP contribution in [0, 0.1) is 0 Å². The lowest BCUT2D eigenvalue weighted by molar-refractivity contribution is 0.0739. The van der Waals surface area contributed by atoms with Crippen molar-refractivity contribution >= 4 is 33.2 Å². The van der Waals surface area contributed by atoms with Gasteiger partial charge in [0.1, 0.15) is 12.4 Å². The van der Waals surface area contributed by atoms with Crippen LogP contribution in [0.5, 0.6) is 5.75 Å². The quantitative estimate of drug-likeness (QED) is 0.486. The number of rotatable bonds is 9. The van der Waals surface area contributed by atoms with Gasteiger partial charge in [0.05, 0.1) is 12.1 Å². The van der Waals surface area contributed by atoms with Crippen LogP contribution in [0.25, 0.3) is 0 Å². The fourth-order valence-corrected chi connectivity index (χ4v) is 4.30. The first-order valence-corrected chi connectivity index (χ1v) is 10.8. The van der Waals surface area contributed by atoms with Gasteiger partial charge in [-0.25, -0.2) is 0 Å². The Labute approximate surface area is 178 Å². The molecule has 0 bridgehead atoms. The van der Waals surface area contributed by atoms with E-state index in [1.54, 1.807) is 11.3 Å². The molecule has 0 saturated heterocycles. The molecule has 0 aliphatic heterocycles. The van der Waals surface area contributed by atoms with E-state index in [1.165, 1.54) is 0 Å². The number of amides is 1. The van der Waals surface area contributed by atoms with E-state index in [9.17, 15) is 4.79 Å². The van der Waals surface area contributed by atoms with Gasteiger partial charge < -0.3 is 15.4 Å². The van der Waals surface area contributed by atoms with Gasteiger partial charge in [-0.1, -0.05) is 42.5 Å². The van der Waals surface area contributed by atoms with E-state index in [2.05, 4.69) is 15.9 Å². The molecule has 146 valence electrons. The molecule has 0 fully saturated rings. The Kier molecular flexibility index (Phi) is 7.65.